The Bertz CT molecular complexity index is 597. The van der Waals surface area contributed by atoms with Crippen LogP contribution in [0.5, 0.6) is 0 Å². The Balaban J connectivity index is 2.07. The molecule has 0 radical (unpaired) electrons. The average Bonchev–Trinajstić information content (AvgIpc) is 2.82. The minimum absolute atomic E-state index is 0.138. The third kappa shape index (κ3) is 3.48. The summed E-state index contributed by atoms with van der Waals surface area (Å²) >= 11 is 5.10. The highest BCUT2D eigenvalue weighted by Crippen LogP contribution is 2.25. The summed E-state index contributed by atoms with van der Waals surface area (Å²) < 4.78 is 1.10. The fourth-order valence-electron chi connectivity index (χ4n) is 1.64. The van der Waals surface area contributed by atoms with Crippen molar-refractivity contribution in [3.8, 4) is 0 Å². The monoisotopic (exact) mass is 339 g/mol. The highest BCUT2D eigenvalue weighted by Gasteiger charge is 2.06. The predicted molar refractivity (Wildman–Crippen MR) is 83.6 cm³/mol. The van der Waals surface area contributed by atoms with Crippen LogP contribution in [0.1, 0.15) is 15.2 Å². The van der Waals surface area contributed by atoms with E-state index in [-0.39, 0.29) is 5.91 Å². The molecule has 0 saturated carbocycles. The van der Waals surface area contributed by atoms with Crippen LogP contribution in [0.4, 0.5) is 11.4 Å². The number of thiophene rings is 1. The van der Waals surface area contributed by atoms with E-state index in [0.29, 0.717) is 17.8 Å². The molecule has 6 heteroatoms. The molecule has 1 aromatic carbocycles. The van der Waals surface area contributed by atoms with Gasteiger partial charge in [-0.3, -0.25) is 4.79 Å². The van der Waals surface area contributed by atoms with Crippen LogP contribution in [-0.2, 0) is 6.54 Å². The Morgan fingerprint density at radius 1 is 1.37 bits per heavy atom. The Morgan fingerprint density at radius 2 is 2.16 bits per heavy atom. The molecule has 0 aliphatic rings. The summed E-state index contributed by atoms with van der Waals surface area (Å²) in [5.74, 6) is -0.138. The van der Waals surface area contributed by atoms with E-state index in [1.54, 1.807) is 30.5 Å². The van der Waals surface area contributed by atoms with Gasteiger partial charge in [0, 0.05) is 24.0 Å². The highest BCUT2D eigenvalue weighted by atomic mass is 79.9. The van der Waals surface area contributed by atoms with E-state index < -0.39 is 0 Å². The van der Waals surface area contributed by atoms with E-state index >= 15 is 0 Å². The van der Waals surface area contributed by atoms with Gasteiger partial charge in [0.15, 0.2) is 0 Å². The van der Waals surface area contributed by atoms with E-state index in [2.05, 4.69) is 32.6 Å². The lowest BCUT2D eigenvalue weighted by Gasteiger charge is -2.09. The zero-order valence-electron chi connectivity index (χ0n) is 10.4. The third-order valence-corrected chi connectivity index (χ3v) is 4.25. The van der Waals surface area contributed by atoms with Crippen LogP contribution in [0.2, 0.25) is 0 Å². The van der Waals surface area contributed by atoms with E-state index in [1.165, 1.54) is 4.88 Å². The topological polar surface area (TPSA) is 67.2 Å². The van der Waals surface area contributed by atoms with Crippen LogP contribution in [0.15, 0.2) is 34.1 Å². The number of carbonyl (C=O) groups is 1. The average molecular weight is 340 g/mol. The molecule has 0 bridgehead atoms. The van der Waals surface area contributed by atoms with Gasteiger partial charge in [0.1, 0.15) is 0 Å². The first-order valence-corrected chi connectivity index (χ1v) is 7.31. The smallest absolute Gasteiger partial charge is 0.251 e. The van der Waals surface area contributed by atoms with Gasteiger partial charge < -0.3 is 16.4 Å². The molecule has 0 aliphatic carbocycles. The molecule has 0 saturated heterocycles. The second-order valence-electron chi connectivity index (χ2n) is 3.94. The van der Waals surface area contributed by atoms with Crippen molar-refractivity contribution in [1.29, 1.82) is 0 Å². The molecule has 0 fully saturated rings. The third-order valence-electron chi connectivity index (χ3n) is 2.62. The van der Waals surface area contributed by atoms with Gasteiger partial charge in [0.25, 0.3) is 5.91 Å². The number of rotatable bonds is 4. The van der Waals surface area contributed by atoms with Crippen LogP contribution in [-0.4, -0.2) is 13.0 Å². The summed E-state index contributed by atoms with van der Waals surface area (Å²) in [5, 5.41) is 5.83. The summed E-state index contributed by atoms with van der Waals surface area (Å²) in [7, 11) is 1.60. The van der Waals surface area contributed by atoms with E-state index in [0.717, 1.165) is 9.47 Å². The lowest BCUT2D eigenvalue weighted by molar-refractivity contribution is 0.0963. The number of nitrogens with two attached hydrogens (primary N) is 1. The molecule has 0 unspecified atom stereocenters. The van der Waals surface area contributed by atoms with Crippen molar-refractivity contribution >= 4 is 44.5 Å². The molecule has 2 aromatic rings. The molecule has 100 valence electrons. The second kappa shape index (κ2) is 6.08. The number of amides is 1. The van der Waals surface area contributed by atoms with E-state index in [1.807, 2.05) is 12.1 Å². The number of nitrogens with one attached hydrogen (secondary N) is 2. The van der Waals surface area contributed by atoms with Gasteiger partial charge in [-0.15, -0.1) is 11.3 Å². The summed E-state index contributed by atoms with van der Waals surface area (Å²) in [6.07, 6.45) is 0. The lowest BCUT2D eigenvalue weighted by atomic mass is 10.1. The minimum atomic E-state index is -0.138. The fraction of sp³-hybridized carbons (Fsp3) is 0.154. The van der Waals surface area contributed by atoms with Crippen molar-refractivity contribution in [3.05, 3.63) is 44.6 Å². The SMILES string of the molecule is CNC(=O)c1ccc(NCc2ccc(Br)s2)c(N)c1. The molecule has 0 atom stereocenters. The molecule has 0 spiro atoms. The Kier molecular flexibility index (Phi) is 4.44. The maximum Gasteiger partial charge on any atom is 0.251 e. The maximum absolute atomic E-state index is 11.5. The van der Waals surface area contributed by atoms with Gasteiger partial charge >= 0.3 is 0 Å². The summed E-state index contributed by atoms with van der Waals surface area (Å²) in [6, 6.07) is 9.31. The molecular formula is C13H14BrN3OS. The van der Waals surface area contributed by atoms with Gasteiger partial charge in [0.05, 0.1) is 15.2 Å². The maximum atomic E-state index is 11.5. The van der Waals surface area contributed by atoms with Crippen molar-refractivity contribution in [2.75, 3.05) is 18.1 Å². The zero-order chi connectivity index (χ0) is 13.8. The van der Waals surface area contributed by atoms with Crippen molar-refractivity contribution in [2.24, 2.45) is 0 Å². The van der Waals surface area contributed by atoms with Gasteiger partial charge in [-0.2, -0.15) is 0 Å². The molecule has 1 heterocycles. The number of halogens is 1. The van der Waals surface area contributed by atoms with Crippen LogP contribution in [0.25, 0.3) is 0 Å². The number of benzene rings is 1. The standard InChI is InChI=1S/C13H14BrN3OS/c1-16-13(18)8-2-4-11(10(15)6-8)17-7-9-3-5-12(14)19-9/h2-6,17H,7,15H2,1H3,(H,16,18). The highest BCUT2D eigenvalue weighted by molar-refractivity contribution is 9.11. The van der Waals surface area contributed by atoms with Crippen molar-refractivity contribution < 1.29 is 4.79 Å². The molecule has 4 N–H and O–H groups in total. The second-order valence-corrected chi connectivity index (χ2v) is 6.49. The van der Waals surface area contributed by atoms with E-state index in [9.17, 15) is 4.79 Å². The summed E-state index contributed by atoms with van der Waals surface area (Å²) in [4.78, 5) is 12.7. The first kappa shape index (κ1) is 13.9. The molecule has 4 nitrogen and oxygen atoms in total. The molecule has 0 aliphatic heterocycles. The molecule has 1 amide bonds. The van der Waals surface area contributed by atoms with Crippen molar-refractivity contribution in [1.82, 2.24) is 5.32 Å². The van der Waals surface area contributed by atoms with Crippen LogP contribution in [0.3, 0.4) is 0 Å². The number of hydrogen-bond donors (Lipinski definition) is 3. The number of hydrogen-bond acceptors (Lipinski definition) is 4. The number of anilines is 2. The van der Waals surface area contributed by atoms with Gasteiger partial charge in [-0.25, -0.2) is 0 Å². The minimum Gasteiger partial charge on any atom is -0.397 e. The first-order chi connectivity index (χ1) is 9.10. The Morgan fingerprint density at radius 3 is 2.74 bits per heavy atom. The molecule has 1 aromatic heterocycles. The van der Waals surface area contributed by atoms with Crippen LogP contribution >= 0.6 is 27.3 Å². The first-order valence-electron chi connectivity index (χ1n) is 5.70. The van der Waals surface area contributed by atoms with Crippen LogP contribution in [0, 0.1) is 0 Å². The predicted octanol–water partition coefficient (Wildman–Crippen LogP) is 3.06. The van der Waals surface area contributed by atoms with Gasteiger partial charge in [0.2, 0.25) is 0 Å². The molecule has 19 heavy (non-hydrogen) atoms. The van der Waals surface area contributed by atoms with Gasteiger partial charge in [-0.05, 0) is 46.3 Å². The summed E-state index contributed by atoms with van der Waals surface area (Å²) in [6.45, 7) is 0.708. The Labute approximate surface area is 124 Å². The number of carbonyl (C=O) groups excluding carboxylic acids is 1. The number of nitrogen functional groups attached to an aromatic ring is 1. The van der Waals surface area contributed by atoms with E-state index in [4.69, 9.17) is 5.73 Å². The normalized spacial score (nSPS) is 10.2. The largest absolute Gasteiger partial charge is 0.397 e. The molecular weight excluding hydrogens is 326 g/mol. The van der Waals surface area contributed by atoms with Crippen LogP contribution < -0.4 is 16.4 Å². The lowest BCUT2D eigenvalue weighted by Crippen LogP contribution is -2.18. The summed E-state index contributed by atoms with van der Waals surface area (Å²) in [5.41, 5.74) is 7.89. The Hall–Kier alpha value is -1.53. The van der Waals surface area contributed by atoms with Crippen molar-refractivity contribution in [2.45, 2.75) is 6.54 Å². The van der Waals surface area contributed by atoms with Crippen molar-refractivity contribution in [3.63, 3.8) is 0 Å². The molecule has 2 rings (SSSR count). The zero-order valence-corrected chi connectivity index (χ0v) is 12.8. The fourth-order valence-corrected chi connectivity index (χ4v) is 3.06. The van der Waals surface area contributed by atoms with Gasteiger partial charge in [-0.1, -0.05) is 0 Å². The quantitative estimate of drug-likeness (QED) is 0.750.